The van der Waals surface area contributed by atoms with Gasteiger partial charge in [-0.05, 0) is 0 Å². The van der Waals surface area contributed by atoms with Crippen molar-refractivity contribution in [2.24, 2.45) is 11.5 Å². The lowest BCUT2D eigenvalue weighted by molar-refractivity contribution is -0.117. The molecule has 0 fully saturated rings. The average molecular weight is 228 g/mol. The number of alkyl halides is 1. The van der Waals surface area contributed by atoms with E-state index in [4.69, 9.17) is 11.5 Å². The van der Waals surface area contributed by atoms with Crippen LogP contribution in [0.2, 0.25) is 0 Å². The number of Topliss-reactive ketones (excluding diaryl/α,β-unsaturated/α-hetero) is 1. The van der Waals surface area contributed by atoms with Gasteiger partial charge in [-0.25, -0.2) is 0 Å². The number of nitrogens with two attached hydrogens (primary N) is 2. The smallest absolute Gasteiger partial charge is 0.160 e. The van der Waals surface area contributed by atoms with Crippen molar-refractivity contribution in [1.82, 2.24) is 0 Å². The average Bonchev–Trinajstić information content (AvgIpc) is 1.84. The molecule has 1 atom stereocenters. The van der Waals surface area contributed by atoms with E-state index in [0.717, 1.165) is 0 Å². The number of carbonyl (C=O) groups is 1. The van der Waals surface area contributed by atoms with E-state index in [1.807, 2.05) is 22.6 Å². The van der Waals surface area contributed by atoms with Crippen LogP contribution in [-0.2, 0) is 4.79 Å². The van der Waals surface area contributed by atoms with Crippen molar-refractivity contribution in [3.8, 4) is 0 Å². The van der Waals surface area contributed by atoms with Gasteiger partial charge in [0.25, 0.3) is 0 Å². The lowest BCUT2D eigenvalue weighted by atomic mass is 10.2. The Labute approximate surface area is 61.9 Å². The maximum Gasteiger partial charge on any atom is 0.160 e. The van der Waals surface area contributed by atoms with Crippen LogP contribution in [-0.4, -0.2) is 22.8 Å². The molecule has 0 aliphatic carbocycles. The number of rotatable bonds is 3. The van der Waals surface area contributed by atoms with Gasteiger partial charge in [-0.15, -0.1) is 0 Å². The molecule has 8 heavy (non-hydrogen) atoms. The van der Waals surface area contributed by atoms with Gasteiger partial charge in [0.05, 0.1) is 10.5 Å². The van der Waals surface area contributed by atoms with E-state index < -0.39 is 6.04 Å². The summed E-state index contributed by atoms with van der Waals surface area (Å²) in [6, 6.07) is -0.452. The highest BCUT2D eigenvalue weighted by Crippen LogP contribution is 1.85. The van der Waals surface area contributed by atoms with Crippen molar-refractivity contribution in [1.29, 1.82) is 0 Å². The van der Waals surface area contributed by atoms with E-state index >= 15 is 0 Å². The molecule has 0 rings (SSSR count). The van der Waals surface area contributed by atoms with Crippen LogP contribution in [0, 0.1) is 0 Å². The highest BCUT2D eigenvalue weighted by molar-refractivity contribution is 14.1. The zero-order valence-electron chi connectivity index (χ0n) is 4.43. The molecule has 0 bridgehead atoms. The van der Waals surface area contributed by atoms with E-state index in [-0.39, 0.29) is 12.3 Å². The van der Waals surface area contributed by atoms with Crippen molar-refractivity contribution in [3.05, 3.63) is 0 Å². The Morgan fingerprint density at radius 3 is 2.38 bits per heavy atom. The normalized spacial score (nSPS) is 13.4. The fourth-order valence-electron chi connectivity index (χ4n) is 0.231. The first-order valence-corrected chi connectivity index (χ1v) is 3.79. The third kappa shape index (κ3) is 2.58. The Bertz CT molecular complexity index is 86.1. The number of halogens is 1. The summed E-state index contributed by atoms with van der Waals surface area (Å²) in [7, 11) is 0. The van der Waals surface area contributed by atoms with E-state index in [9.17, 15) is 4.79 Å². The lowest BCUT2D eigenvalue weighted by Gasteiger charge is -2.01. The maximum absolute atomic E-state index is 10.5. The van der Waals surface area contributed by atoms with E-state index in [1.165, 1.54) is 0 Å². The van der Waals surface area contributed by atoms with Crippen LogP contribution in [0.15, 0.2) is 0 Å². The topological polar surface area (TPSA) is 69.1 Å². The van der Waals surface area contributed by atoms with Crippen molar-refractivity contribution in [2.45, 2.75) is 6.04 Å². The molecular formula is C4H9IN2O. The first-order chi connectivity index (χ1) is 3.72. The number of carbonyl (C=O) groups excluding carboxylic acids is 1. The molecular weight excluding hydrogens is 219 g/mol. The third-order valence-corrected chi connectivity index (χ3v) is 1.55. The molecule has 4 N–H and O–H groups in total. The fraction of sp³-hybridized carbons (Fsp3) is 0.750. The summed E-state index contributed by atoms with van der Waals surface area (Å²) in [5, 5.41) is 0. The quantitative estimate of drug-likeness (QED) is 0.494. The fourth-order valence-corrected chi connectivity index (χ4v) is 0.796. The number of hydrogen-bond acceptors (Lipinski definition) is 3. The second kappa shape index (κ2) is 4.22. The van der Waals surface area contributed by atoms with Gasteiger partial charge in [0.15, 0.2) is 5.78 Å². The van der Waals surface area contributed by atoms with Crippen LogP contribution >= 0.6 is 22.6 Å². The maximum atomic E-state index is 10.5. The van der Waals surface area contributed by atoms with Gasteiger partial charge in [-0.3, -0.25) is 4.79 Å². The number of hydrogen-bond donors (Lipinski definition) is 2. The summed E-state index contributed by atoms with van der Waals surface area (Å²) in [4.78, 5) is 10.5. The minimum atomic E-state index is -0.452. The molecule has 0 amide bonds. The molecule has 0 aromatic rings. The molecule has 0 heterocycles. The molecule has 0 aromatic carbocycles. The van der Waals surface area contributed by atoms with Crippen LogP contribution in [0.5, 0.6) is 0 Å². The van der Waals surface area contributed by atoms with Crippen molar-refractivity contribution in [3.63, 3.8) is 0 Å². The standard InChI is InChI=1S/C4H9IN2O/c5-1-4(8)3(7)2-6/h3H,1-2,6-7H2. The van der Waals surface area contributed by atoms with Crippen LogP contribution in [0.25, 0.3) is 0 Å². The third-order valence-electron chi connectivity index (χ3n) is 0.799. The van der Waals surface area contributed by atoms with Crippen LogP contribution in [0.4, 0.5) is 0 Å². The molecule has 0 spiro atoms. The van der Waals surface area contributed by atoms with Crippen LogP contribution in [0.3, 0.4) is 0 Å². The monoisotopic (exact) mass is 228 g/mol. The Morgan fingerprint density at radius 2 is 2.25 bits per heavy atom. The van der Waals surface area contributed by atoms with Crippen LogP contribution < -0.4 is 11.5 Å². The summed E-state index contributed by atoms with van der Waals surface area (Å²) in [6.45, 7) is 0.252. The Morgan fingerprint density at radius 1 is 1.75 bits per heavy atom. The molecule has 48 valence electrons. The largest absolute Gasteiger partial charge is 0.328 e. The van der Waals surface area contributed by atoms with Crippen molar-refractivity contribution < 1.29 is 4.79 Å². The second-order valence-electron chi connectivity index (χ2n) is 1.44. The summed E-state index contributed by atoms with van der Waals surface area (Å²) >= 11 is 1.97. The first-order valence-electron chi connectivity index (χ1n) is 2.26. The SMILES string of the molecule is NCC(N)C(=O)CI. The van der Waals surface area contributed by atoms with E-state index in [1.54, 1.807) is 0 Å². The molecule has 3 nitrogen and oxygen atoms in total. The molecule has 0 aliphatic rings. The van der Waals surface area contributed by atoms with Gasteiger partial charge in [0, 0.05) is 6.54 Å². The summed E-state index contributed by atoms with van der Waals surface area (Å²) < 4.78 is 0.454. The molecule has 4 heteroatoms. The molecule has 0 saturated carbocycles. The van der Waals surface area contributed by atoms with Gasteiger partial charge in [-0.2, -0.15) is 0 Å². The lowest BCUT2D eigenvalue weighted by Crippen LogP contribution is -2.38. The second-order valence-corrected chi connectivity index (χ2v) is 2.20. The van der Waals surface area contributed by atoms with Gasteiger partial charge >= 0.3 is 0 Å². The molecule has 0 radical (unpaired) electrons. The van der Waals surface area contributed by atoms with E-state index in [2.05, 4.69) is 0 Å². The van der Waals surface area contributed by atoms with Crippen molar-refractivity contribution in [2.75, 3.05) is 11.0 Å². The Hall–Kier alpha value is 0.320. The number of ketones is 1. The minimum absolute atomic E-state index is 0.0214. The van der Waals surface area contributed by atoms with Gasteiger partial charge in [-0.1, -0.05) is 22.6 Å². The predicted molar refractivity (Wildman–Crippen MR) is 40.9 cm³/mol. The molecule has 0 aliphatic heterocycles. The first kappa shape index (κ1) is 8.32. The van der Waals surface area contributed by atoms with Crippen molar-refractivity contribution >= 4 is 28.4 Å². The van der Waals surface area contributed by atoms with Crippen LogP contribution in [0.1, 0.15) is 0 Å². The summed E-state index contributed by atoms with van der Waals surface area (Å²) in [6.07, 6.45) is 0. The van der Waals surface area contributed by atoms with Gasteiger partial charge in [0.1, 0.15) is 0 Å². The zero-order chi connectivity index (χ0) is 6.57. The molecule has 0 saturated heterocycles. The van der Waals surface area contributed by atoms with Gasteiger partial charge in [0.2, 0.25) is 0 Å². The molecule has 1 unspecified atom stereocenters. The Balaban J connectivity index is 3.46. The van der Waals surface area contributed by atoms with Gasteiger partial charge < -0.3 is 11.5 Å². The minimum Gasteiger partial charge on any atom is -0.328 e. The highest BCUT2D eigenvalue weighted by Gasteiger charge is 2.07. The van der Waals surface area contributed by atoms with E-state index in [0.29, 0.717) is 4.43 Å². The summed E-state index contributed by atoms with van der Waals surface area (Å²) in [5.41, 5.74) is 10.3. The predicted octanol–water partition coefficient (Wildman–Crippen LogP) is -0.724. The highest BCUT2D eigenvalue weighted by atomic mass is 127. The Kier molecular flexibility index (Phi) is 4.39. The summed E-state index contributed by atoms with van der Waals surface area (Å²) in [5.74, 6) is 0.0214. The molecule has 0 aromatic heterocycles. The zero-order valence-corrected chi connectivity index (χ0v) is 6.59.